The second-order valence-electron chi connectivity index (χ2n) is 3.85. The highest BCUT2D eigenvalue weighted by molar-refractivity contribution is 9.10. The topological polar surface area (TPSA) is 31.6 Å². The third-order valence-corrected chi connectivity index (χ3v) is 4.50. The monoisotopic (exact) mass is 306 g/mol. The number of hydrogen-bond donors (Lipinski definition) is 2. The van der Waals surface area contributed by atoms with Gasteiger partial charge in [-0.1, -0.05) is 0 Å². The number of aromatic amines is 2. The standard InChI is InChI=1S/C13H11BrN2S/c14-9-7-12(17-8-9)13(10-3-1-5-15-10)11-4-2-6-16-11/h1-8,13,15-16H. The zero-order valence-electron chi connectivity index (χ0n) is 8.98. The highest BCUT2D eigenvalue weighted by Gasteiger charge is 2.19. The molecule has 0 saturated heterocycles. The van der Waals surface area contributed by atoms with Crippen molar-refractivity contribution in [1.29, 1.82) is 0 Å². The Bertz CT molecular complexity index is 547. The number of rotatable bonds is 3. The van der Waals surface area contributed by atoms with E-state index in [1.165, 1.54) is 16.3 Å². The average Bonchev–Trinajstić information content (AvgIpc) is 3.02. The van der Waals surface area contributed by atoms with Crippen molar-refractivity contribution < 1.29 is 0 Å². The summed E-state index contributed by atoms with van der Waals surface area (Å²) in [6.07, 6.45) is 3.93. The van der Waals surface area contributed by atoms with E-state index in [1.54, 1.807) is 11.3 Å². The summed E-state index contributed by atoms with van der Waals surface area (Å²) in [5.41, 5.74) is 2.42. The number of H-pyrrole nitrogens is 2. The molecule has 0 aliphatic rings. The van der Waals surface area contributed by atoms with Crippen LogP contribution in [0.1, 0.15) is 22.2 Å². The van der Waals surface area contributed by atoms with E-state index < -0.39 is 0 Å². The first-order chi connectivity index (χ1) is 8.34. The van der Waals surface area contributed by atoms with Gasteiger partial charge in [-0.25, -0.2) is 0 Å². The molecule has 0 fully saturated rings. The molecule has 0 radical (unpaired) electrons. The highest BCUT2D eigenvalue weighted by Crippen LogP contribution is 2.35. The Labute approximate surface area is 112 Å². The van der Waals surface area contributed by atoms with Crippen LogP contribution in [0.4, 0.5) is 0 Å². The van der Waals surface area contributed by atoms with Gasteiger partial charge < -0.3 is 9.97 Å². The van der Waals surface area contributed by atoms with Crippen LogP contribution in [0.3, 0.4) is 0 Å². The molecular formula is C13H11BrN2S. The Hall–Kier alpha value is -1.26. The maximum atomic E-state index is 3.52. The van der Waals surface area contributed by atoms with Crippen LogP contribution in [-0.4, -0.2) is 9.97 Å². The minimum absolute atomic E-state index is 0.260. The van der Waals surface area contributed by atoms with Gasteiger partial charge in [-0.3, -0.25) is 0 Å². The lowest BCUT2D eigenvalue weighted by Gasteiger charge is -2.12. The van der Waals surface area contributed by atoms with Gasteiger partial charge in [0.25, 0.3) is 0 Å². The molecule has 0 spiro atoms. The van der Waals surface area contributed by atoms with Crippen molar-refractivity contribution in [3.05, 3.63) is 68.8 Å². The SMILES string of the molecule is Brc1csc(C(c2ccc[nH]2)c2ccc[nH]2)c1. The van der Waals surface area contributed by atoms with E-state index in [0.717, 1.165) is 4.47 Å². The summed E-state index contributed by atoms with van der Waals surface area (Å²) in [7, 11) is 0. The maximum absolute atomic E-state index is 3.52. The summed E-state index contributed by atoms with van der Waals surface area (Å²) in [6, 6.07) is 10.5. The first kappa shape index (κ1) is 10.9. The lowest BCUT2D eigenvalue weighted by atomic mass is 10.00. The minimum Gasteiger partial charge on any atom is -0.364 e. The lowest BCUT2D eigenvalue weighted by Crippen LogP contribution is -2.01. The van der Waals surface area contributed by atoms with E-state index in [-0.39, 0.29) is 5.92 Å². The van der Waals surface area contributed by atoms with E-state index in [4.69, 9.17) is 0 Å². The predicted molar refractivity (Wildman–Crippen MR) is 74.5 cm³/mol. The Kier molecular flexibility index (Phi) is 2.91. The third kappa shape index (κ3) is 2.10. The van der Waals surface area contributed by atoms with Gasteiger partial charge >= 0.3 is 0 Å². The van der Waals surface area contributed by atoms with Crippen LogP contribution in [0.15, 0.2) is 52.6 Å². The largest absolute Gasteiger partial charge is 0.364 e. The van der Waals surface area contributed by atoms with Crippen LogP contribution in [-0.2, 0) is 0 Å². The highest BCUT2D eigenvalue weighted by atomic mass is 79.9. The molecule has 3 aromatic rings. The lowest BCUT2D eigenvalue weighted by molar-refractivity contribution is 0.917. The smallest absolute Gasteiger partial charge is 0.0735 e. The second kappa shape index (κ2) is 4.55. The molecule has 3 heterocycles. The summed E-state index contributed by atoms with van der Waals surface area (Å²) in [5, 5.41) is 2.12. The van der Waals surface area contributed by atoms with E-state index in [1.807, 2.05) is 24.5 Å². The van der Waals surface area contributed by atoms with Crippen molar-refractivity contribution in [3.8, 4) is 0 Å². The molecule has 0 saturated carbocycles. The third-order valence-electron chi connectivity index (χ3n) is 2.74. The molecule has 0 bridgehead atoms. The van der Waals surface area contributed by atoms with Gasteiger partial charge in [0.2, 0.25) is 0 Å². The fraction of sp³-hybridized carbons (Fsp3) is 0.0769. The quantitative estimate of drug-likeness (QED) is 0.721. The van der Waals surface area contributed by atoms with Crippen molar-refractivity contribution in [2.75, 3.05) is 0 Å². The summed E-state index contributed by atoms with van der Waals surface area (Å²) >= 11 is 5.28. The first-order valence-corrected chi connectivity index (χ1v) is 7.02. The zero-order valence-corrected chi connectivity index (χ0v) is 11.4. The molecule has 86 valence electrons. The molecule has 3 aromatic heterocycles. The van der Waals surface area contributed by atoms with Gasteiger partial charge in [0, 0.05) is 38.5 Å². The Morgan fingerprint density at radius 2 is 1.71 bits per heavy atom. The first-order valence-electron chi connectivity index (χ1n) is 5.35. The van der Waals surface area contributed by atoms with Crippen molar-refractivity contribution in [2.24, 2.45) is 0 Å². The Morgan fingerprint density at radius 1 is 1.06 bits per heavy atom. The van der Waals surface area contributed by atoms with Crippen LogP contribution >= 0.6 is 27.3 Å². The fourth-order valence-electron chi connectivity index (χ4n) is 2.00. The normalized spacial score (nSPS) is 11.2. The zero-order chi connectivity index (χ0) is 11.7. The van der Waals surface area contributed by atoms with Gasteiger partial charge in [-0.2, -0.15) is 0 Å². The number of aromatic nitrogens is 2. The maximum Gasteiger partial charge on any atom is 0.0735 e. The Morgan fingerprint density at radius 3 is 2.12 bits per heavy atom. The van der Waals surface area contributed by atoms with E-state index in [2.05, 4.69) is 49.5 Å². The second-order valence-corrected chi connectivity index (χ2v) is 5.71. The predicted octanol–water partition coefficient (Wildman–Crippen LogP) is 4.35. The average molecular weight is 307 g/mol. The molecule has 0 aromatic carbocycles. The molecule has 0 aliphatic carbocycles. The van der Waals surface area contributed by atoms with Gasteiger partial charge in [0.1, 0.15) is 0 Å². The molecular weight excluding hydrogens is 296 g/mol. The molecule has 2 N–H and O–H groups in total. The molecule has 3 rings (SSSR count). The molecule has 0 amide bonds. The summed E-state index contributed by atoms with van der Waals surface area (Å²) < 4.78 is 1.14. The van der Waals surface area contributed by atoms with Crippen molar-refractivity contribution in [1.82, 2.24) is 9.97 Å². The molecule has 0 aliphatic heterocycles. The summed E-state index contributed by atoms with van der Waals surface area (Å²) in [6.45, 7) is 0. The number of thiophene rings is 1. The van der Waals surface area contributed by atoms with Crippen LogP contribution in [0.25, 0.3) is 0 Å². The van der Waals surface area contributed by atoms with Crippen LogP contribution < -0.4 is 0 Å². The van der Waals surface area contributed by atoms with Crippen molar-refractivity contribution in [3.63, 3.8) is 0 Å². The molecule has 0 unspecified atom stereocenters. The Balaban J connectivity index is 2.09. The molecule has 2 nitrogen and oxygen atoms in total. The van der Waals surface area contributed by atoms with E-state index in [0.29, 0.717) is 0 Å². The van der Waals surface area contributed by atoms with Crippen molar-refractivity contribution in [2.45, 2.75) is 5.92 Å². The van der Waals surface area contributed by atoms with Crippen LogP contribution in [0.2, 0.25) is 0 Å². The van der Waals surface area contributed by atoms with Gasteiger partial charge in [0.05, 0.1) is 5.92 Å². The number of halogens is 1. The van der Waals surface area contributed by atoms with E-state index >= 15 is 0 Å². The van der Waals surface area contributed by atoms with E-state index in [9.17, 15) is 0 Å². The number of hydrogen-bond acceptors (Lipinski definition) is 1. The summed E-state index contributed by atoms with van der Waals surface area (Å²) in [5.74, 6) is 0.260. The molecule has 0 atom stereocenters. The van der Waals surface area contributed by atoms with Gasteiger partial charge in [0.15, 0.2) is 0 Å². The van der Waals surface area contributed by atoms with Gasteiger partial charge in [-0.05, 0) is 46.3 Å². The van der Waals surface area contributed by atoms with Gasteiger partial charge in [-0.15, -0.1) is 11.3 Å². The molecule has 4 heteroatoms. The van der Waals surface area contributed by atoms with Crippen molar-refractivity contribution >= 4 is 27.3 Å². The summed E-state index contributed by atoms with van der Waals surface area (Å²) in [4.78, 5) is 7.93. The van der Waals surface area contributed by atoms with Crippen LogP contribution in [0, 0.1) is 0 Å². The minimum atomic E-state index is 0.260. The fourth-order valence-corrected chi connectivity index (χ4v) is 3.58. The van der Waals surface area contributed by atoms with Crippen LogP contribution in [0.5, 0.6) is 0 Å². The molecule has 17 heavy (non-hydrogen) atoms. The number of nitrogens with one attached hydrogen (secondary N) is 2.